The normalized spacial score (nSPS) is 11.1. The summed E-state index contributed by atoms with van der Waals surface area (Å²) in [5.41, 5.74) is 3.89. The summed E-state index contributed by atoms with van der Waals surface area (Å²) in [7, 11) is 0. The number of rotatable bonds is 3. The molecule has 0 bridgehead atoms. The van der Waals surface area contributed by atoms with Crippen molar-refractivity contribution >= 4 is 11.0 Å². The molecule has 0 spiro atoms. The van der Waals surface area contributed by atoms with Crippen molar-refractivity contribution in [1.82, 2.24) is 24.7 Å². The Morgan fingerprint density at radius 2 is 1.67 bits per heavy atom. The Bertz CT molecular complexity index is 1210. The van der Waals surface area contributed by atoms with Crippen LogP contribution < -0.4 is 0 Å². The van der Waals surface area contributed by atoms with Crippen LogP contribution in [0.15, 0.2) is 79.1 Å². The Kier molecular flexibility index (Phi) is 3.47. The zero-order chi connectivity index (χ0) is 18.2. The second-order valence-electron chi connectivity index (χ2n) is 6.14. The first-order chi connectivity index (χ1) is 13.3. The fourth-order valence-corrected chi connectivity index (χ4v) is 3.11. The minimum absolute atomic E-state index is 0.168. The number of H-pyrrole nitrogens is 1. The van der Waals surface area contributed by atoms with E-state index in [1.54, 1.807) is 23.0 Å². The van der Waals surface area contributed by atoms with Crippen LogP contribution in [0.3, 0.4) is 0 Å². The highest BCUT2D eigenvalue weighted by Crippen LogP contribution is 2.35. The molecule has 2 aromatic carbocycles. The fourth-order valence-electron chi connectivity index (χ4n) is 3.11. The lowest BCUT2D eigenvalue weighted by Gasteiger charge is -2.03. The van der Waals surface area contributed by atoms with E-state index >= 15 is 0 Å². The quantitative estimate of drug-likeness (QED) is 0.510. The third kappa shape index (κ3) is 2.64. The van der Waals surface area contributed by atoms with Gasteiger partial charge in [-0.2, -0.15) is 5.10 Å². The number of phenols is 1. The highest BCUT2D eigenvalue weighted by Gasteiger charge is 2.19. The van der Waals surface area contributed by atoms with Crippen LogP contribution in [0.1, 0.15) is 0 Å². The molecule has 0 fully saturated rings. The van der Waals surface area contributed by atoms with E-state index in [1.807, 2.05) is 60.8 Å². The average Bonchev–Trinajstić information content (AvgIpc) is 3.33. The Labute approximate surface area is 154 Å². The lowest BCUT2D eigenvalue weighted by Crippen LogP contribution is -1.97. The van der Waals surface area contributed by atoms with Gasteiger partial charge in [0.15, 0.2) is 5.82 Å². The van der Waals surface area contributed by atoms with Crippen LogP contribution >= 0.6 is 0 Å². The maximum atomic E-state index is 10.4. The van der Waals surface area contributed by atoms with Gasteiger partial charge in [0, 0.05) is 18.0 Å². The van der Waals surface area contributed by atoms with Gasteiger partial charge in [0.25, 0.3) is 0 Å². The van der Waals surface area contributed by atoms with E-state index in [2.05, 4.69) is 9.97 Å². The van der Waals surface area contributed by atoms with E-state index in [9.17, 15) is 5.11 Å². The summed E-state index contributed by atoms with van der Waals surface area (Å²) in [4.78, 5) is 12.4. The van der Waals surface area contributed by atoms with Crippen molar-refractivity contribution in [3.8, 4) is 34.2 Å². The van der Waals surface area contributed by atoms with Gasteiger partial charge in [0.05, 0.1) is 16.6 Å². The number of nitrogens with one attached hydrogen (secondary N) is 1. The second-order valence-corrected chi connectivity index (χ2v) is 6.14. The summed E-state index contributed by atoms with van der Waals surface area (Å²) in [6, 6.07) is 20.6. The SMILES string of the molecule is Oc1ccccc1-c1nn(-c2ccccn2)cc1-c1nc2ccccc2[nH]1. The van der Waals surface area contributed by atoms with Gasteiger partial charge in [-0.1, -0.05) is 30.3 Å². The third-order valence-electron chi connectivity index (χ3n) is 4.40. The van der Waals surface area contributed by atoms with Crippen molar-refractivity contribution in [3.63, 3.8) is 0 Å². The number of hydrogen-bond donors (Lipinski definition) is 2. The summed E-state index contributed by atoms with van der Waals surface area (Å²) >= 11 is 0. The minimum Gasteiger partial charge on any atom is -0.507 e. The zero-order valence-corrected chi connectivity index (χ0v) is 14.2. The Morgan fingerprint density at radius 3 is 2.48 bits per heavy atom. The number of fused-ring (bicyclic) bond motifs is 1. The van der Waals surface area contributed by atoms with Crippen molar-refractivity contribution in [1.29, 1.82) is 0 Å². The second kappa shape index (κ2) is 6.10. The molecule has 0 atom stereocenters. The van der Waals surface area contributed by atoms with Crippen molar-refractivity contribution in [3.05, 3.63) is 79.1 Å². The number of pyridine rings is 1. The summed E-state index contributed by atoms with van der Waals surface area (Å²) in [6.07, 6.45) is 3.60. The number of aromatic amines is 1. The molecule has 5 aromatic rings. The molecule has 6 nitrogen and oxygen atoms in total. The highest BCUT2D eigenvalue weighted by molar-refractivity contribution is 5.85. The van der Waals surface area contributed by atoms with E-state index < -0.39 is 0 Å². The molecule has 0 unspecified atom stereocenters. The maximum Gasteiger partial charge on any atom is 0.153 e. The molecule has 0 aliphatic rings. The summed E-state index contributed by atoms with van der Waals surface area (Å²) in [5.74, 6) is 1.55. The highest BCUT2D eigenvalue weighted by atomic mass is 16.3. The molecule has 2 N–H and O–H groups in total. The van der Waals surface area contributed by atoms with Gasteiger partial charge in [-0.25, -0.2) is 14.6 Å². The molecule has 0 saturated carbocycles. The predicted octanol–water partition coefficient (Wildman–Crippen LogP) is 4.18. The Morgan fingerprint density at radius 1 is 0.852 bits per heavy atom. The van der Waals surface area contributed by atoms with Crippen molar-refractivity contribution in [2.45, 2.75) is 0 Å². The van der Waals surface area contributed by atoms with Crippen LogP contribution in [0, 0.1) is 0 Å². The Hall–Kier alpha value is -3.93. The van der Waals surface area contributed by atoms with Crippen LogP contribution in [-0.2, 0) is 0 Å². The number of para-hydroxylation sites is 3. The van der Waals surface area contributed by atoms with Gasteiger partial charge >= 0.3 is 0 Å². The average molecular weight is 353 g/mol. The molecule has 27 heavy (non-hydrogen) atoms. The summed E-state index contributed by atoms with van der Waals surface area (Å²) < 4.78 is 1.70. The number of aromatic nitrogens is 5. The minimum atomic E-state index is 0.168. The topological polar surface area (TPSA) is 79.6 Å². The number of imidazole rings is 1. The van der Waals surface area contributed by atoms with Crippen molar-refractivity contribution in [2.24, 2.45) is 0 Å². The molecule has 5 rings (SSSR count). The molecule has 0 aliphatic heterocycles. The first kappa shape index (κ1) is 15.3. The van der Waals surface area contributed by atoms with Gasteiger partial charge in [-0.15, -0.1) is 0 Å². The van der Waals surface area contributed by atoms with Crippen LogP contribution in [0.25, 0.3) is 39.5 Å². The van der Waals surface area contributed by atoms with E-state index in [0.717, 1.165) is 16.6 Å². The molecular formula is C21H15N5O. The Balaban J connectivity index is 1.75. The molecular weight excluding hydrogens is 338 g/mol. The van der Waals surface area contributed by atoms with Crippen molar-refractivity contribution in [2.75, 3.05) is 0 Å². The number of aromatic hydroxyl groups is 1. The lowest BCUT2D eigenvalue weighted by atomic mass is 10.1. The summed E-state index contributed by atoms with van der Waals surface area (Å²) in [5, 5.41) is 15.1. The van der Waals surface area contributed by atoms with E-state index in [4.69, 9.17) is 10.1 Å². The van der Waals surface area contributed by atoms with Crippen LogP contribution in [0.5, 0.6) is 5.75 Å². The molecule has 6 heteroatoms. The monoisotopic (exact) mass is 353 g/mol. The smallest absolute Gasteiger partial charge is 0.153 e. The van der Waals surface area contributed by atoms with Gasteiger partial charge in [-0.05, 0) is 36.4 Å². The first-order valence-corrected chi connectivity index (χ1v) is 8.54. The van der Waals surface area contributed by atoms with Gasteiger partial charge in [0.1, 0.15) is 17.3 Å². The fraction of sp³-hybridized carbons (Fsp3) is 0. The molecule has 3 aromatic heterocycles. The van der Waals surface area contributed by atoms with Crippen molar-refractivity contribution < 1.29 is 5.11 Å². The van der Waals surface area contributed by atoms with Crippen LogP contribution in [0.2, 0.25) is 0 Å². The van der Waals surface area contributed by atoms with Gasteiger partial charge < -0.3 is 10.1 Å². The maximum absolute atomic E-state index is 10.4. The van der Waals surface area contributed by atoms with E-state index in [1.165, 1.54) is 0 Å². The van der Waals surface area contributed by atoms with Crippen LogP contribution in [0.4, 0.5) is 0 Å². The van der Waals surface area contributed by atoms with Crippen LogP contribution in [-0.4, -0.2) is 29.8 Å². The lowest BCUT2D eigenvalue weighted by molar-refractivity contribution is 0.477. The standard InChI is InChI=1S/C21H15N5O/c27-18-10-4-1-7-14(18)20-15(13-26(25-20)19-11-5-6-12-22-19)21-23-16-8-2-3-9-17(16)24-21/h1-13,27H,(H,23,24). The third-order valence-corrected chi connectivity index (χ3v) is 4.40. The molecule has 0 aliphatic carbocycles. The molecule has 0 radical (unpaired) electrons. The van der Waals surface area contributed by atoms with E-state index in [0.29, 0.717) is 22.9 Å². The number of phenolic OH excluding ortho intramolecular Hbond substituents is 1. The number of hydrogen-bond acceptors (Lipinski definition) is 4. The van der Waals surface area contributed by atoms with Gasteiger partial charge in [0.2, 0.25) is 0 Å². The largest absolute Gasteiger partial charge is 0.507 e. The number of nitrogens with zero attached hydrogens (tertiary/aromatic N) is 4. The molecule has 3 heterocycles. The predicted molar refractivity (Wildman–Crippen MR) is 104 cm³/mol. The number of benzene rings is 2. The van der Waals surface area contributed by atoms with Gasteiger partial charge in [-0.3, -0.25) is 0 Å². The first-order valence-electron chi connectivity index (χ1n) is 8.54. The molecule has 0 amide bonds. The van der Waals surface area contributed by atoms with E-state index in [-0.39, 0.29) is 5.75 Å². The zero-order valence-electron chi connectivity index (χ0n) is 14.2. The summed E-state index contributed by atoms with van der Waals surface area (Å²) in [6.45, 7) is 0. The molecule has 130 valence electrons. The molecule has 0 saturated heterocycles.